The lowest BCUT2D eigenvalue weighted by atomic mass is 10.1. The van der Waals surface area contributed by atoms with Gasteiger partial charge in [0, 0.05) is 18.8 Å². The van der Waals surface area contributed by atoms with Gasteiger partial charge in [-0.1, -0.05) is 6.07 Å². The topological polar surface area (TPSA) is 37.3 Å². The van der Waals surface area contributed by atoms with Crippen molar-refractivity contribution in [1.29, 1.82) is 0 Å². The first kappa shape index (κ1) is 6.34. The van der Waals surface area contributed by atoms with Gasteiger partial charge in [0.25, 0.3) is 0 Å². The van der Waals surface area contributed by atoms with Crippen molar-refractivity contribution in [2.45, 2.75) is 12.5 Å². The van der Waals surface area contributed by atoms with Crippen LogP contribution in [-0.2, 0) is 0 Å². The smallest absolute Gasteiger partial charge is 0.0910 e. The summed E-state index contributed by atoms with van der Waals surface area (Å²) in [5.74, 6) is 0. The normalized spacial score (nSPS) is 21.6. The Morgan fingerprint density at radius 1 is 1.45 bits per heavy atom. The van der Waals surface area contributed by atoms with E-state index in [1.165, 1.54) is 0 Å². The molecular formula is C8H9N3. The first-order valence-corrected chi connectivity index (χ1v) is 3.65. The third-order valence-electron chi connectivity index (χ3n) is 1.71. The van der Waals surface area contributed by atoms with Crippen LogP contribution >= 0.6 is 0 Å². The van der Waals surface area contributed by atoms with E-state index in [0.717, 1.165) is 12.1 Å². The summed E-state index contributed by atoms with van der Waals surface area (Å²) in [7, 11) is 0. The fraction of sp³-hybridized carbons (Fsp3) is 0.250. The second kappa shape index (κ2) is 2.70. The number of aromatic nitrogens is 1. The van der Waals surface area contributed by atoms with E-state index in [0.29, 0.717) is 0 Å². The van der Waals surface area contributed by atoms with Crippen LogP contribution in [-0.4, -0.2) is 11.2 Å². The third kappa shape index (κ3) is 1.22. The molecule has 0 saturated heterocycles. The molecule has 0 bridgehead atoms. The Labute approximate surface area is 65.2 Å². The highest BCUT2D eigenvalue weighted by Gasteiger charge is 2.12. The molecule has 3 nitrogen and oxygen atoms in total. The lowest BCUT2D eigenvalue weighted by molar-refractivity contribution is 0.603. The molecule has 3 heteroatoms. The van der Waals surface area contributed by atoms with Gasteiger partial charge in [0.15, 0.2) is 0 Å². The molecule has 56 valence electrons. The van der Waals surface area contributed by atoms with Gasteiger partial charge in [-0.2, -0.15) is 5.10 Å². The Morgan fingerprint density at radius 2 is 2.45 bits per heavy atom. The zero-order valence-electron chi connectivity index (χ0n) is 6.07. The van der Waals surface area contributed by atoms with Gasteiger partial charge < -0.3 is 5.43 Å². The van der Waals surface area contributed by atoms with Crippen molar-refractivity contribution in [2.24, 2.45) is 5.10 Å². The average Bonchev–Trinajstić information content (AvgIpc) is 2.58. The summed E-state index contributed by atoms with van der Waals surface area (Å²) in [5.41, 5.74) is 4.04. The lowest BCUT2D eigenvalue weighted by Gasteiger charge is -2.06. The summed E-state index contributed by atoms with van der Waals surface area (Å²) in [5, 5.41) is 3.93. The number of rotatable bonds is 1. The molecule has 0 aliphatic carbocycles. The first-order valence-electron chi connectivity index (χ1n) is 3.65. The Balaban J connectivity index is 2.17. The average molecular weight is 147 g/mol. The van der Waals surface area contributed by atoms with E-state index in [2.05, 4.69) is 15.5 Å². The maximum absolute atomic E-state index is 4.22. The standard InChI is InChI=1S/C8H9N3/c1-2-5-9-7(3-1)8-4-6-10-11-8/h1-3,5-6,8,11H,4H2. The van der Waals surface area contributed by atoms with Crippen molar-refractivity contribution in [3.8, 4) is 0 Å². The fourth-order valence-corrected chi connectivity index (χ4v) is 1.12. The minimum absolute atomic E-state index is 0.288. The van der Waals surface area contributed by atoms with E-state index in [-0.39, 0.29) is 6.04 Å². The molecule has 0 aromatic carbocycles. The maximum Gasteiger partial charge on any atom is 0.0910 e. The predicted octanol–water partition coefficient (Wildman–Crippen LogP) is 1.10. The Kier molecular flexibility index (Phi) is 1.55. The van der Waals surface area contributed by atoms with Crippen LogP contribution in [0, 0.1) is 0 Å². The molecule has 1 unspecified atom stereocenters. The van der Waals surface area contributed by atoms with Gasteiger partial charge in [-0.05, 0) is 12.1 Å². The minimum atomic E-state index is 0.288. The fourth-order valence-electron chi connectivity index (χ4n) is 1.12. The number of hydrogen-bond donors (Lipinski definition) is 1. The highest BCUT2D eigenvalue weighted by atomic mass is 15.3. The molecule has 0 fully saturated rings. The van der Waals surface area contributed by atoms with Crippen LogP contribution in [0.5, 0.6) is 0 Å². The minimum Gasteiger partial charge on any atom is -0.301 e. The van der Waals surface area contributed by atoms with Gasteiger partial charge in [-0.3, -0.25) is 4.98 Å². The van der Waals surface area contributed by atoms with E-state index in [1.807, 2.05) is 24.4 Å². The Morgan fingerprint density at radius 3 is 3.09 bits per heavy atom. The molecule has 0 radical (unpaired) electrons. The summed E-state index contributed by atoms with van der Waals surface area (Å²) in [6, 6.07) is 6.20. The van der Waals surface area contributed by atoms with Crippen LogP contribution in [0.2, 0.25) is 0 Å². The van der Waals surface area contributed by atoms with Crippen molar-refractivity contribution in [1.82, 2.24) is 10.4 Å². The zero-order chi connectivity index (χ0) is 7.52. The van der Waals surface area contributed by atoms with Crippen LogP contribution in [0.1, 0.15) is 18.2 Å². The number of nitrogens with zero attached hydrogens (tertiary/aromatic N) is 2. The van der Waals surface area contributed by atoms with Crippen LogP contribution in [0.4, 0.5) is 0 Å². The van der Waals surface area contributed by atoms with Crippen molar-refractivity contribution in [3.05, 3.63) is 30.1 Å². The number of nitrogens with one attached hydrogen (secondary N) is 1. The first-order chi connectivity index (χ1) is 5.47. The van der Waals surface area contributed by atoms with Gasteiger partial charge in [-0.25, -0.2) is 0 Å². The molecule has 1 aromatic heterocycles. The SMILES string of the molecule is C1=NNC(c2ccccn2)C1. The van der Waals surface area contributed by atoms with E-state index < -0.39 is 0 Å². The van der Waals surface area contributed by atoms with Crippen LogP contribution in [0.15, 0.2) is 29.5 Å². The van der Waals surface area contributed by atoms with Gasteiger partial charge in [-0.15, -0.1) is 0 Å². The highest BCUT2D eigenvalue weighted by molar-refractivity contribution is 5.60. The van der Waals surface area contributed by atoms with Crippen LogP contribution in [0.3, 0.4) is 0 Å². The third-order valence-corrected chi connectivity index (χ3v) is 1.71. The van der Waals surface area contributed by atoms with E-state index in [4.69, 9.17) is 0 Å². The quantitative estimate of drug-likeness (QED) is 0.645. The number of pyridine rings is 1. The highest BCUT2D eigenvalue weighted by Crippen LogP contribution is 2.15. The molecule has 2 rings (SSSR count). The summed E-state index contributed by atoms with van der Waals surface area (Å²) in [6.45, 7) is 0. The van der Waals surface area contributed by atoms with Gasteiger partial charge in [0.2, 0.25) is 0 Å². The number of hydrogen-bond acceptors (Lipinski definition) is 3. The van der Waals surface area contributed by atoms with E-state index >= 15 is 0 Å². The summed E-state index contributed by atoms with van der Waals surface area (Å²) >= 11 is 0. The Hall–Kier alpha value is -1.38. The molecule has 1 N–H and O–H groups in total. The van der Waals surface area contributed by atoms with Gasteiger partial charge in [0.1, 0.15) is 0 Å². The van der Waals surface area contributed by atoms with Crippen molar-refractivity contribution < 1.29 is 0 Å². The molecule has 11 heavy (non-hydrogen) atoms. The summed E-state index contributed by atoms with van der Waals surface area (Å²) < 4.78 is 0. The van der Waals surface area contributed by atoms with Crippen molar-refractivity contribution in [2.75, 3.05) is 0 Å². The monoisotopic (exact) mass is 147 g/mol. The lowest BCUT2D eigenvalue weighted by Crippen LogP contribution is -2.10. The van der Waals surface area contributed by atoms with Crippen molar-refractivity contribution in [3.63, 3.8) is 0 Å². The Bertz CT molecular complexity index is 247. The molecular weight excluding hydrogens is 138 g/mol. The molecule has 2 heterocycles. The molecule has 1 atom stereocenters. The molecule has 0 spiro atoms. The summed E-state index contributed by atoms with van der Waals surface area (Å²) in [6.07, 6.45) is 4.62. The second-order valence-electron chi connectivity index (χ2n) is 2.48. The van der Waals surface area contributed by atoms with E-state index in [9.17, 15) is 0 Å². The molecule has 0 amide bonds. The largest absolute Gasteiger partial charge is 0.301 e. The van der Waals surface area contributed by atoms with Crippen LogP contribution < -0.4 is 5.43 Å². The molecule has 1 aliphatic rings. The molecule has 0 saturated carbocycles. The van der Waals surface area contributed by atoms with E-state index in [1.54, 1.807) is 6.20 Å². The van der Waals surface area contributed by atoms with Gasteiger partial charge in [0.05, 0.1) is 11.7 Å². The van der Waals surface area contributed by atoms with Crippen molar-refractivity contribution >= 4 is 6.21 Å². The van der Waals surface area contributed by atoms with Crippen LogP contribution in [0.25, 0.3) is 0 Å². The van der Waals surface area contributed by atoms with Gasteiger partial charge >= 0.3 is 0 Å². The molecule has 1 aromatic rings. The maximum atomic E-state index is 4.22. The summed E-state index contributed by atoms with van der Waals surface area (Å²) in [4.78, 5) is 4.22. The zero-order valence-corrected chi connectivity index (χ0v) is 6.07. The molecule has 1 aliphatic heterocycles. The number of hydrazone groups is 1. The second-order valence-corrected chi connectivity index (χ2v) is 2.48. The predicted molar refractivity (Wildman–Crippen MR) is 43.2 cm³/mol.